The zero-order chi connectivity index (χ0) is 15.7. The molecule has 1 aromatic rings. The SMILES string of the molecule is CCCCc1cc(CCCC)c(C(=O)O)cc1CCCC.[LiH]. The van der Waals surface area contributed by atoms with Crippen molar-refractivity contribution < 1.29 is 9.90 Å². The predicted octanol–water partition coefficient (Wildman–Crippen LogP) is 4.76. The Morgan fingerprint density at radius 3 is 1.64 bits per heavy atom. The van der Waals surface area contributed by atoms with Crippen LogP contribution in [0.3, 0.4) is 0 Å². The molecular weight excluding hydrogens is 267 g/mol. The number of carboxylic acids is 1. The summed E-state index contributed by atoms with van der Waals surface area (Å²) in [6.07, 6.45) is 9.75. The van der Waals surface area contributed by atoms with E-state index in [2.05, 4.69) is 26.8 Å². The molecule has 0 radical (unpaired) electrons. The predicted molar refractivity (Wildman–Crippen MR) is 96.4 cm³/mol. The first-order valence-electron chi connectivity index (χ1n) is 8.51. The van der Waals surface area contributed by atoms with Crippen molar-refractivity contribution in [2.45, 2.75) is 78.6 Å². The summed E-state index contributed by atoms with van der Waals surface area (Å²) in [7, 11) is 0. The van der Waals surface area contributed by atoms with Crippen molar-refractivity contribution in [3.05, 3.63) is 34.4 Å². The van der Waals surface area contributed by atoms with E-state index in [9.17, 15) is 9.90 Å². The average molecular weight is 298 g/mol. The van der Waals surface area contributed by atoms with Crippen LogP contribution in [-0.4, -0.2) is 29.9 Å². The third kappa shape index (κ3) is 6.59. The van der Waals surface area contributed by atoms with Gasteiger partial charge in [-0.1, -0.05) is 46.1 Å². The number of aryl methyl sites for hydroxylation is 3. The van der Waals surface area contributed by atoms with Crippen molar-refractivity contribution in [3.8, 4) is 0 Å². The summed E-state index contributed by atoms with van der Waals surface area (Å²) >= 11 is 0. The Morgan fingerprint density at radius 2 is 1.23 bits per heavy atom. The molecule has 0 atom stereocenters. The fourth-order valence-electron chi connectivity index (χ4n) is 2.71. The number of unbranched alkanes of at least 4 members (excludes halogenated alkanes) is 3. The van der Waals surface area contributed by atoms with Gasteiger partial charge in [0.1, 0.15) is 0 Å². The second kappa shape index (κ2) is 11.8. The van der Waals surface area contributed by atoms with Gasteiger partial charge in [-0.2, -0.15) is 0 Å². The third-order valence-electron chi connectivity index (χ3n) is 4.05. The molecule has 0 aliphatic heterocycles. The van der Waals surface area contributed by atoms with Gasteiger partial charge < -0.3 is 5.11 Å². The summed E-state index contributed by atoms with van der Waals surface area (Å²) in [5.74, 6) is -0.777. The molecule has 0 fully saturated rings. The first-order valence-corrected chi connectivity index (χ1v) is 8.51. The molecule has 0 bridgehead atoms. The van der Waals surface area contributed by atoms with Crippen LogP contribution in [0.4, 0.5) is 0 Å². The van der Waals surface area contributed by atoms with Gasteiger partial charge >= 0.3 is 24.8 Å². The van der Waals surface area contributed by atoms with Gasteiger partial charge in [0, 0.05) is 0 Å². The van der Waals surface area contributed by atoms with Crippen molar-refractivity contribution >= 4 is 24.8 Å². The fourth-order valence-corrected chi connectivity index (χ4v) is 2.71. The van der Waals surface area contributed by atoms with Gasteiger partial charge in [-0.3, -0.25) is 0 Å². The monoisotopic (exact) mass is 298 g/mol. The molecule has 0 aromatic heterocycles. The maximum atomic E-state index is 11.5. The number of carboxylic acid groups (broad SMARTS) is 1. The van der Waals surface area contributed by atoms with Gasteiger partial charge in [-0.05, 0) is 61.3 Å². The molecule has 1 rings (SSSR count). The second-order valence-corrected chi connectivity index (χ2v) is 5.89. The van der Waals surface area contributed by atoms with Gasteiger partial charge in [0.15, 0.2) is 0 Å². The molecule has 120 valence electrons. The van der Waals surface area contributed by atoms with Crippen LogP contribution < -0.4 is 0 Å². The first kappa shape index (κ1) is 21.3. The van der Waals surface area contributed by atoms with E-state index in [4.69, 9.17) is 0 Å². The molecule has 1 N–H and O–H groups in total. The van der Waals surface area contributed by atoms with Gasteiger partial charge in [-0.25, -0.2) is 4.79 Å². The normalized spacial score (nSPS) is 10.3. The molecule has 0 unspecified atom stereocenters. The topological polar surface area (TPSA) is 37.3 Å². The molecule has 0 saturated heterocycles. The Balaban J connectivity index is 0.00000441. The van der Waals surface area contributed by atoms with Gasteiger partial charge in [0.25, 0.3) is 0 Å². The number of carbonyl (C=O) groups is 1. The van der Waals surface area contributed by atoms with Crippen molar-refractivity contribution in [1.82, 2.24) is 0 Å². The Kier molecular flexibility index (Phi) is 11.4. The maximum absolute atomic E-state index is 11.5. The standard InChI is InChI=1S/C19H30O2.Li.H/c1-4-7-10-15-13-17(12-9-6-3)18(19(20)21)14-16(15)11-8-5-2;;/h13-14H,4-12H2,1-3H3,(H,20,21);;. The van der Waals surface area contributed by atoms with E-state index in [1.54, 1.807) is 0 Å². The second-order valence-electron chi connectivity index (χ2n) is 5.89. The Morgan fingerprint density at radius 1 is 0.818 bits per heavy atom. The molecule has 0 heterocycles. The van der Waals surface area contributed by atoms with Crippen molar-refractivity contribution in [1.29, 1.82) is 0 Å². The Bertz CT molecular complexity index is 455. The molecular formula is C19H31LiO2. The number of benzene rings is 1. The third-order valence-corrected chi connectivity index (χ3v) is 4.05. The molecule has 22 heavy (non-hydrogen) atoms. The summed E-state index contributed by atoms with van der Waals surface area (Å²) in [5.41, 5.74) is 4.18. The van der Waals surface area contributed by atoms with Gasteiger partial charge in [-0.15, -0.1) is 0 Å². The molecule has 0 spiro atoms. The van der Waals surface area contributed by atoms with Crippen LogP contribution in [-0.2, 0) is 19.3 Å². The van der Waals surface area contributed by atoms with E-state index in [0.717, 1.165) is 50.5 Å². The first-order chi connectivity index (χ1) is 10.1. The Labute approximate surface area is 147 Å². The van der Waals surface area contributed by atoms with E-state index in [1.807, 2.05) is 6.07 Å². The molecule has 1 aromatic carbocycles. The average Bonchev–Trinajstić information content (AvgIpc) is 2.48. The van der Waals surface area contributed by atoms with Crippen LogP contribution in [0.1, 0.15) is 86.3 Å². The number of rotatable bonds is 10. The Hall–Kier alpha value is -0.713. The van der Waals surface area contributed by atoms with Crippen molar-refractivity contribution in [3.63, 3.8) is 0 Å². The van der Waals surface area contributed by atoms with Crippen LogP contribution in [0.15, 0.2) is 12.1 Å². The summed E-state index contributed by atoms with van der Waals surface area (Å²) in [5, 5.41) is 9.48. The molecule has 3 heteroatoms. The summed E-state index contributed by atoms with van der Waals surface area (Å²) in [6.45, 7) is 6.53. The molecule has 0 aliphatic carbocycles. The van der Waals surface area contributed by atoms with Crippen LogP contribution >= 0.6 is 0 Å². The van der Waals surface area contributed by atoms with E-state index in [1.165, 1.54) is 24.0 Å². The minimum absolute atomic E-state index is 0. The summed E-state index contributed by atoms with van der Waals surface area (Å²) < 4.78 is 0. The summed E-state index contributed by atoms with van der Waals surface area (Å²) in [4.78, 5) is 11.5. The van der Waals surface area contributed by atoms with Gasteiger partial charge in [0.2, 0.25) is 0 Å². The number of hydrogen-bond donors (Lipinski definition) is 1. The van der Waals surface area contributed by atoms with Crippen LogP contribution in [0.5, 0.6) is 0 Å². The molecule has 0 saturated carbocycles. The van der Waals surface area contributed by atoms with E-state index < -0.39 is 5.97 Å². The zero-order valence-electron chi connectivity index (χ0n) is 13.9. The number of hydrogen-bond acceptors (Lipinski definition) is 1. The van der Waals surface area contributed by atoms with Crippen LogP contribution in [0, 0.1) is 0 Å². The molecule has 0 aliphatic rings. The van der Waals surface area contributed by atoms with Crippen molar-refractivity contribution in [2.75, 3.05) is 0 Å². The molecule has 0 amide bonds. The fraction of sp³-hybridized carbons (Fsp3) is 0.632. The van der Waals surface area contributed by atoms with E-state index in [-0.39, 0.29) is 18.9 Å². The number of aromatic carboxylic acids is 1. The van der Waals surface area contributed by atoms with Crippen LogP contribution in [0.25, 0.3) is 0 Å². The quantitative estimate of drug-likeness (QED) is 0.632. The molecule has 2 nitrogen and oxygen atoms in total. The van der Waals surface area contributed by atoms with Gasteiger partial charge in [0.05, 0.1) is 5.56 Å². The zero-order valence-corrected chi connectivity index (χ0v) is 13.9. The summed E-state index contributed by atoms with van der Waals surface area (Å²) in [6, 6.07) is 4.13. The van der Waals surface area contributed by atoms with E-state index in [0.29, 0.717) is 5.56 Å². The van der Waals surface area contributed by atoms with Crippen molar-refractivity contribution in [2.24, 2.45) is 0 Å². The van der Waals surface area contributed by atoms with Crippen LogP contribution in [0.2, 0.25) is 0 Å². The van der Waals surface area contributed by atoms with E-state index >= 15 is 0 Å². The minimum atomic E-state index is -0.777.